The van der Waals surface area contributed by atoms with Crippen molar-refractivity contribution in [3.63, 3.8) is 0 Å². The molecule has 10 heteroatoms. The van der Waals surface area contributed by atoms with Crippen molar-refractivity contribution in [2.45, 2.75) is 44.3 Å². The SMILES string of the molecule is CC(C)C[C@@H]1COc2cc(Br)ccc2S(=O)(=O)N1Cc1cn(Cc2ccco2)nn1. The Morgan fingerprint density at radius 1 is 1.27 bits per heavy atom. The Labute approximate surface area is 184 Å². The molecule has 8 nitrogen and oxygen atoms in total. The molecule has 0 saturated carbocycles. The first kappa shape index (κ1) is 21.1. The molecule has 1 aliphatic rings. The molecule has 160 valence electrons. The Balaban J connectivity index is 1.65. The first-order valence-corrected chi connectivity index (χ1v) is 11.9. The van der Waals surface area contributed by atoms with Gasteiger partial charge in [0.15, 0.2) is 0 Å². The van der Waals surface area contributed by atoms with Gasteiger partial charge < -0.3 is 9.15 Å². The highest BCUT2D eigenvalue weighted by atomic mass is 79.9. The van der Waals surface area contributed by atoms with Crippen molar-refractivity contribution in [2.24, 2.45) is 5.92 Å². The summed E-state index contributed by atoms with van der Waals surface area (Å²) in [5, 5.41) is 8.30. The molecule has 0 saturated heterocycles. The van der Waals surface area contributed by atoms with E-state index in [1.54, 1.807) is 35.3 Å². The molecule has 0 bridgehead atoms. The van der Waals surface area contributed by atoms with Crippen molar-refractivity contribution < 1.29 is 17.6 Å². The van der Waals surface area contributed by atoms with E-state index in [0.717, 1.165) is 10.2 Å². The van der Waals surface area contributed by atoms with Crippen LogP contribution in [0.3, 0.4) is 0 Å². The summed E-state index contributed by atoms with van der Waals surface area (Å²) in [5.41, 5.74) is 0.569. The molecule has 3 heterocycles. The largest absolute Gasteiger partial charge is 0.490 e. The minimum Gasteiger partial charge on any atom is -0.490 e. The Hall–Kier alpha value is -2.17. The van der Waals surface area contributed by atoms with E-state index < -0.39 is 10.0 Å². The van der Waals surface area contributed by atoms with Gasteiger partial charge in [0.1, 0.15) is 29.6 Å². The fraction of sp³-hybridized carbons (Fsp3) is 0.400. The van der Waals surface area contributed by atoms with Crippen LogP contribution < -0.4 is 4.74 Å². The summed E-state index contributed by atoms with van der Waals surface area (Å²) < 4.78 is 42.3. The number of hydrogen-bond acceptors (Lipinski definition) is 6. The van der Waals surface area contributed by atoms with Crippen molar-refractivity contribution in [3.8, 4) is 5.75 Å². The van der Waals surface area contributed by atoms with E-state index in [1.807, 2.05) is 12.1 Å². The van der Waals surface area contributed by atoms with E-state index in [9.17, 15) is 8.42 Å². The van der Waals surface area contributed by atoms with Crippen molar-refractivity contribution in [3.05, 3.63) is 58.7 Å². The Bertz CT molecular complexity index is 1110. The third-order valence-electron chi connectivity index (χ3n) is 4.88. The molecular formula is C20H23BrN4O4S. The van der Waals surface area contributed by atoms with Gasteiger partial charge in [0.25, 0.3) is 0 Å². The van der Waals surface area contributed by atoms with E-state index in [0.29, 0.717) is 30.3 Å². The summed E-state index contributed by atoms with van der Waals surface area (Å²) in [4.78, 5) is 0.167. The van der Waals surface area contributed by atoms with Gasteiger partial charge >= 0.3 is 0 Å². The third-order valence-corrected chi connectivity index (χ3v) is 7.31. The van der Waals surface area contributed by atoms with Crippen LogP contribution in [-0.2, 0) is 23.1 Å². The molecule has 0 fully saturated rings. The summed E-state index contributed by atoms with van der Waals surface area (Å²) in [5.74, 6) is 1.42. The number of benzene rings is 1. The average molecular weight is 495 g/mol. The van der Waals surface area contributed by atoms with E-state index in [2.05, 4.69) is 40.1 Å². The summed E-state index contributed by atoms with van der Waals surface area (Å²) in [6.07, 6.45) is 4.02. The molecule has 0 amide bonds. The Kier molecular flexibility index (Phi) is 5.99. The lowest BCUT2D eigenvalue weighted by atomic mass is 10.0. The van der Waals surface area contributed by atoms with Crippen LogP contribution in [0.2, 0.25) is 0 Å². The normalized spacial score (nSPS) is 18.7. The van der Waals surface area contributed by atoms with Gasteiger partial charge in [-0.3, -0.25) is 0 Å². The fourth-order valence-corrected chi connectivity index (χ4v) is 5.60. The maximum atomic E-state index is 13.6. The van der Waals surface area contributed by atoms with Crippen molar-refractivity contribution in [2.75, 3.05) is 6.61 Å². The second-order valence-electron chi connectivity index (χ2n) is 7.72. The summed E-state index contributed by atoms with van der Waals surface area (Å²) >= 11 is 3.39. The lowest BCUT2D eigenvalue weighted by molar-refractivity contribution is 0.186. The van der Waals surface area contributed by atoms with Gasteiger partial charge in [-0.2, -0.15) is 4.31 Å². The lowest BCUT2D eigenvalue weighted by Gasteiger charge is -2.28. The predicted molar refractivity (Wildman–Crippen MR) is 113 cm³/mol. The van der Waals surface area contributed by atoms with E-state index in [-0.39, 0.29) is 24.1 Å². The standard InChI is InChI=1S/C20H23BrN4O4S/c1-14(2)8-17-13-29-19-9-15(21)5-6-20(19)30(26,27)25(17)11-16-10-24(23-22-16)12-18-4-3-7-28-18/h3-7,9-10,14,17H,8,11-13H2,1-2H3/t17-/m1/s1. The van der Waals surface area contributed by atoms with Crippen LogP contribution >= 0.6 is 15.9 Å². The minimum atomic E-state index is -3.78. The highest BCUT2D eigenvalue weighted by Crippen LogP contribution is 2.35. The number of furan rings is 1. The van der Waals surface area contributed by atoms with Gasteiger partial charge in [0.2, 0.25) is 10.0 Å². The number of halogens is 1. The summed E-state index contributed by atoms with van der Waals surface area (Å²) in [6.45, 7) is 4.97. The molecule has 0 N–H and O–H groups in total. The van der Waals surface area contributed by atoms with Crippen LogP contribution in [0.5, 0.6) is 5.75 Å². The molecule has 3 aromatic rings. The first-order valence-electron chi connectivity index (χ1n) is 9.68. The molecule has 1 aliphatic heterocycles. The topological polar surface area (TPSA) is 90.5 Å². The molecular weight excluding hydrogens is 472 g/mol. The molecule has 0 radical (unpaired) electrons. The van der Waals surface area contributed by atoms with Gasteiger partial charge in [-0.15, -0.1) is 5.10 Å². The second kappa shape index (κ2) is 8.52. The summed E-state index contributed by atoms with van der Waals surface area (Å²) in [7, 11) is -3.78. The maximum Gasteiger partial charge on any atom is 0.247 e. The lowest BCUT2D eigenvalue weighted by Crippen LogP contribution is -2.42. The zero-order valence-corrected chi connectivity index (χ0v) is 19.1. The van der Waals surface area contributed by atoms with Crippen LogP contribution in [0, 0.1) is 5.92 Å². The van der Waals surface area contributed by atoms with Crippen molar-refractivity contribution >= 4 is 26.0 Å². The molecule has 1 aromatic carbocycles. The minimum absolute atomic E-state index is 0.122. The number of sulfonamides is 1. The van der Waals surface area contributed by atoms with Crippen LogP contribution in [-0.4, -0.2) is 40.4 Å². The second-order valence-corrected chi connectivity index (χ2v) is 10.5. The number of fused-ring (bicyclic) bond motifs is 1. The highest BCUT2D eigenvalue weighted by Gasteiger charge is 2.38. The monoisotopic (exact) mass is 494 g/mol. The number of nitrogens with zero attached hydrogens (tertiary/aromatic N) is 4. The van der Waals surface area contributed by atoms with Gasteiger partial charge in [0, 0.05) is 4.47 Å². The molecule has 0 aliphatic carbocycles. The van der Waals surface area contributed by atoms with Gasteiger partial charge in [0.05, 0.1) is 30.7 Å². The number of ether oxygens (including phenoxy) is 1. The molecule has 1 atom stereocenters. The van der Waals surface area contributed by atoms with Gasteiger partial charge in [-0.25, -0.2) is 13.1 Å². The van der Waals surface area contributed by atoms with Gasteiger partial charge in [-0.1, -0.05) is 35.0 Å². The summed E-state index contributed by atoms with van der Waals surface area (Å²) in [6, 6.07) is 8.33. The van der Waals surface area contributed by atoms with Crippen LogP contribution in [0.15, 0.2) is 56.6 Å². The van der Waals surface area contributed by atoms with Crippen LogP contribution in [0.25, 0.3) is 0 Å². The van der Waals surface area contributed by atoms with E-state index in [4.69, 9.17) is 9.15 Å². The van der Waals surface area contributed by atoms with E-state index >= 15 is 0 Å². The Morgan fingerprint density at radius 3 is 2.83 bits per heavy atom. The third kappa shape index (κ3) is 4.45. The van der Waals surface area contributed by atoms with Crippen molar-refractivity contribution in [1.82, 2.24) is 19.3 Å². The quantitative estimate of drug-likeness (QED) is 0.518. The predicted octanol–water partition coefficient (Wildman–Crippen LogP) is 3.68. The smallest absolute Gasteiger partial charge is 0.247 e. The number of rotatable bonds is 6. The van der Waals surface area contributed by atoms with E-state index in [1.165, 1.54) is 4.31 Å². The zero-order valence-electron chi connectivity index (χ0n) is 16.7. The highest BCUT2D eigenvalue weighted by molar-refractivity contribution is 9.10. The molecule has 2 aromatic heterocycles. The maximum absolute atomic E-state index is 13.6. The van der Waals surface area contributed by atoms with Crippen LogP contribution in [0.1, 0.15) is 31.7 Å². The fourth-order valence-electron chi connectivity index (χ4n) is 3.55. The molecule has 4 rings (SSSR count). The number of aromatic nitrogens is 3. The molecule has 0 spiro atoms. The Morgan fingerprint density at radius 2 is 2.10 bits per heavy atom. The van der Waals surface area contributed by atoms with Crippen LogP contribution in [0.4, 0.5) is 0 Å². The first-order chi connectivity index (χ1) is 14.3. The number of hydrogen-bond donors (Lipinski definition) is 0. The molecule has 30 heavy (non-hydrogen) atoms. The average Bonchev–Trinajstić information content (AvgIpc) is 3.33. The molecule has 0 unspecified atom stereocenters. The zero-order chi connectivity index (χ0) is 21.3. The van der Waals surface area contributed by atoms with Gasteiger partial charge in [-0.05, 0) is 42.7 Å². The van der Waals surface area contributed by atoms with Crippen molar-refractivity contribution in [1.29, 1.82) is 0 Å².